The third-order valence-electron chi connectivity index (χ3n) is 3.85. The van der Waals surface area contributed by atoms with Crippen LogP contribution in [-0.4, -0.2) is 42.6 Å². The monoisotopic (exact) mass is 314 g/mol. The maximum Gasteiger partial charge on any atom is 0.270 e. The van der Waals surface area contributed by atoms with Crippen molar-refractivity contribution >= 4 is 5.91 Å². The number of pyridine rings is 1. The zero-order chi connectivity index (χ0) is 16.2. The van der Waals surface area contributed by atoms with Crippen LogP contribution in [0, 0.1) is 0 Å². The molecular weight excluding hydrogens is 296 g/mol. The number of aromatic nitrogens is 1. The number of methoxy groups -OCH3 is 1. The molecule has 6 heteroatoms. The molecule has 0 aliphatic carbocycles. The quantitative estimate of drug-likeness (QED) is 0.934. The van der Waals surface area contributed by atoms with Crippen molar-refractivity contribution in [2.45, 2.75) is 6.10 Å². The highest BCUT2D eigenvalue weighted by Gasteiger charge is 2.26. The van der Waals surface area contributed by atoms with E-state index in [9.17, 15) is 9.59 Å². The van der Waals surface area contributed by atoms with Gasteiger partial charge in [-0.3, -0.25) is 9.59 Å². The molecule has 1 N–H and O–H groups in total. The number of hydrogen-bond acceptors (Lipinski definition) is 4. The Labute approximate surface area is 133 Å². The van der Waals surface area contributed by atoms with Gasteiger partial charge in [0.2, 0.25) is 5.43 Å². The highest BCUT2D eigenvalue weighted by molar-refractivity contribution is 5.92. The van der Waals surface area contributed by atoms with Gasteiger partial charge < -0.3 is 19.4 Å². The summed E-state index contributed by atoms with van der Waals surface area (Å²) in [6.45, 7) is 1.42. The van der Waals surface area contributed by atoms with Crippen molar-refractivity contribution in [1.29, 1.82) is 0 Å². The fraction of sp³-hybridized carbons (Fsp3) is 0.294. The van der Waals surface area contributed by atoms with E-state index in [2.05, 4.69) is 4.98 Å². The fourth-order valence-corrected chi connectivity index (χ4v) is 2.61. The molecule has 2 heterocycles. The molecule has 1 aromatic heterocycles. The first-order chi connectivity index (χ1) is 11.2. The number of nitrogens with one attached hydrogen (secondary N) is 1. The second-order valence-electron chi connectivity index (χ2n) is 5.30. The number of benzene rings is 1. The molecule has 1 amide bonds. The Bertz CT molecular complexity index is 742. The number of carbonyl (C=O) groups excluding carboxylic acids is 1. The molecule has 1 saturated heterocycles. The summed E-state index contributed by atoms with van der Waals surface area (Å²) < 4.78 is 10.7. The lowest BCUT2D eigenvalue weighted by atomic mass is 10.1. The minimum Gasteiger partial charge on any atom is -0.491 e. The first-order valence-corrected chi connectivity index (χ1v) is 7.41. The molecule has 1 aromatic carbocycles. The predicted molar refractivity (Wildman–Crippen MR) is 84.7 cm³/mol. The zero-order valence-corrected chi connectivity index (χ0v) is 12.8. The molecule has 1 atom stereocenters. The maximum absolute atomic E-state index is 12.6. The molecule has 0 spiro atoms. The van der Waals surface area contributed by atoms with E-state index in [0.717, 1.165) is 5.56 Å². The Morgan fingerprint density at radius 1 is 1.35 bits per heavy atom. The lowest BCUT2D eigenvalue weighted by molar-refractivity contribution is -0.0230. The molecule has 0 bridgehead atoms. The largest absolute Gasteiger partial charge is 0.491 e. The van der Waals surface area contributed by atoms with Crippen molar-refractivity contribution in [3.8, 4) is 5.75 Å². The minimum atomic E-state index is -0.317. The van der Waals surface area contributed by atoms with Gasteiger partial charge in [-0.2, -0.15) is 0 Å². The molecule has 1 fully saturated rings. The van der Waals surface area contributed by atoms with Gasteiger partial charge in [0.25, 0.3) is 5.91 Å². The Morgan fingerprint density at radius 2 is 2.13 bits per heavy atom. The van der Waals surface area contributed by atoms with Crippen LogP contribution in [-0.2, 0) is 4.74 Å². The van der Waals surface area contributed by atoms with Crippen molar-refractivity contribution in [2.75, 3.05) is 26.8 Å². The smallest absolute Gasteiger partial charge is 0.270 e. The molecule has 120 valence electrons. The first-order valence-electron chi connectivity index (χ1n) is 7.41. The van der Waals surface area contributed by atoms with E-state index in [1.165, 1.54) is 19.4 Å². The first kappa shape index (κ1) is 15.3. The predicted octanol–water partition coefficient (Wildman–Crippen LogP) is 1.60. The molecule has 6 nitrogen and oxygen atoms in total. The van der Waals surface area contributed by atoms with Gasteiger partial charge in [0.1, 0.15) is 11.8 Å². The van der Waals surface area contributed by atoms with Crippen LogP contribution in [0.15, 0.2) is 47.4 Å². The topological polar surface area (TPSA) is 71.6 Å². The van der Waals surface area contributed by atoms with Crippen molar-refractivity contribution in [2.24, 2.45) is 0 Å². The number of morpholine rings is 1. The van der Waals surface area contributed by atoms with Gasteiger partial charge in [0.15, 0.2) is 5.75 Å². The molecule has 23 heavy (non-hydrogen) atoms. The van der Waals surface area contributed by atoms with Gasteiger partial charge >= 0.3 is 0 Å². The normalized spacial score (nSPS) is 17.8. The minimum absolute atomic E-state index is 0.154. The van der Waals surface area contributed by atoms with Crippen molar-refractivity contribution < 1.29 is 14.3 Å². The van der Waals surface area contributed by atoms with Crippen LogP contribution in [0.25, 0.3) is 0 Å². The summed E-state index contributed by atoms with van der Waals surface area (Å²) in [5, 5.41) is 0. The lowest BCUT2D eigenvalue weighted by Gasteiger charge is -2.33. The second-order valence-corrected chi connectivity index (χ2v) is 5.30. The van der Waals surface area contributed by atoms with E-state index in [1.54, 1.807) is 4.90 Å². The van der Waals surface area contributed by atoms with E-state index < -0.39 is 0 Å². The molecule has 0 radical (unpaired) electrons. The molecule has 0 saturated carbocycles. The van der Waals surface area contributed by atoms with Crippen LogP contribution >= 0.6 is 0 Å². The number of ether oxygens (including phenoxy) is 2. The van der Waals surface area contributed by atoms with Gasteiger partial charge in [-0.05, 0) is 5.56 Å². The van der Waals surface area contributed by atoms with Gasteiger partial charge in [-0.25, -0.2) is 0 Å². The number of amides is 1. The summed E-state index contributed by atoms with van der Waals surface area (Å²) in [4.78, 5) is 28.9. The van der Waals surface area contributed by atoms with E-state index in [-0.39, 0.29) is 28.9 Å². The third kappa shape index (κ3) is 3.27. The van der Waals surface area contributed by atoms with Gasteiger partial charge in [0.05, 0.1) is 20.3 Å². The van der Waals surface area contributed by atoms with Crippen LogP contribution in [0.4, 0.5) is 0 Å². The highest BCUT2D eigenvalue weighted by atomic mass is 16.5. The van der Waals surface area contributed by atoms with E-state index >= 15 is 0 Å². The summed E-state index contributed by atoms with van der Waals surface area (Å²) in [5.74, 6) is -0.0281. The summed E-state index contributed by atoms with van der Waals surface area (Å²) in [6, 6.07) is 11.1. The SMILES string of the molecule is COc1c[nH]c(C(=O)N2CCO[C@@H](c3ccccc3)C2)cc1=O. The number of nitrogens with zero attached hydrogens (tertiary/aromatic N) is 1. The fourth-order valence-electron chi connectivity index (χ4n) is 2.61. The molecular formula is C17H18N2O4. The molecule has 3 rings (SSSR count). The standard InChI is InChI=1S/C17H18N2O4/c1-22-15-10-18-13(9-14(15)20)17(21)19-7-8-23-16(11-19)12-5-3-2-4-6-12/h2-6,9-10,16H,7-8,11H2,1H3,(H,18,20)/t16-/m1/s1. The number of hydrogen-bond donors (Lipinski definition) is 1. The van der Waals surface area contributed by atoms with Crippen LogP contribution in [0.3, 0.4) is 0 Å². The van der Waals surface area contributed by atoms with Gasteiger partial charge in [-0.1, -0.05) is 30.3 Å². The highest BCUT2D eigenvalue weighted by Crippen LogP contribution is 2.22. The number of H-pyrrole nitrogens is 1. The Kier molecular flexibility index (Phi) is 4.43. The van der Waals surface area contributed by atoms with Crippen LogP contribution in [0.5, 0.6) is 5.75 Å². The van der Waals surface area contributed by atoms with Crippen molar-refractivity contribution in [1.82, 2.24) is 9.88 Å². The Hall–Kier alpha value is -2.60. The Balaban J connectivity index is 1.77. The van der Waals surface area contributed by atoms with E-state index in [4.69, 9.17) is 9.47 Å². The number of carbonyl (C=O) groups is 1. The maximum atomic E-state index is 12.6. The number of rotatable bonds is 3. The molecule has 1 aliphatic heterocycles. The summed E-state index contributed by atoms with van der Waals surface area (Å²) in [5.41, 5.74) is 0.972. The van der Waals surface area contributed by atoms with Gasteiger partial charge in [0, 0.05) is 18.8 Å². The van der Waals surface area contributed by atoms with E-state index in [1.807, 2.05) is 30.3 Å². The van der Waals surface area contributed by atoms with Gasteiger partial charge in [-0.15, -0.1) is 0 Å². The summed E-state index contributed by atoms with van der Waals surface area (Å²) in [7, 11) is 1.42. The van der Waals surface area contributed by atoms with Crippen molar-refractivity contribution in [3.63, 3.8) is 0 Å². The third-order valence-corrected chi connectivity index (χ3v) is 3.85. The molecule has 0 unspecified atom stereocenters. The second kappa shape index (κ2) is 6.66. The average Bonchev–Trinajstić information content (AvgIpc) is 2.62. The van der Waals surface area contributed by atoms with Crippen LogP contribution in [0.2, 0.25) is 0 Å². The molecule has 1 aliphatic rings. The zero-order valence-electron chi connectivity index (χ0n) is 12.8. The lowest BCUT2D eigenvalue weighted by Crippen LogP contribution is -2.42. The molecule has 2 aromatic rings. The van der Waals surface area contributed by atoms with Crippen LogP contribution < -0.4 is 10.2 Å². The Morgan fingerprint density at radius 3 is 2.83 bits per heavy atom. The summed E-state index contributed by atoms with van der Waals surface area (Å²) in [6.07, 6.45) is 1.25. The summed E-state index contributed by atoms with van der Waals surface area (Å²) >= 11 is 0. The average molecular weight is 314 g/mol. The van der Waals surface area contributed by atoms with Crippen LogP contribution in [0.1, 0.15) is 22.2 Å². The number of aromatic amines is 1. The van der Waals surface area contributed by atoms with Crippen molar-refractivity contribution in [3.05, 3.63) is 64.1 Å². The van der Waals surface area contributed by atoms with E-state index in [0.29, 0.717) is 19.7 Å².